The average Bonchev–Trinajstić information content (AvgIpc) is 2.79. The SMILES string of the molecule is Clc1cc(-c2ccccc2)ccc1OC1CCCNCC1. The van der Waals surface area contributed by atoms with E-state index in [2.05, 4.69) is 23.5 Å². The summed E-state index contributed by atoms with van der Waals surface area (Å²) in [7, 11) is 0. The fraction of sp³-hybridized carbons (Fsp3) is 0.333. The minimum atomic E-state index is 0.264. The highest BCUT2D eigenvalue weighted by molar-refractivity contribution is 6.32. The monoisotopic (exact) mass is 301 g/mol. The van der Waals surface area contributed by atoms with Crippen molar-refractivity contribution in [3.05, 3.63) is 53.6 Å². The zero-order chi connectivity index (χ0) is 14.5. The summed E-state index contributed by atoms with van der Waals surface area (Å²) in [5, 5.41) is 4.08. The molecule has 0 spiro atoms. The Balaban J connectivity index is 1.75. The first kappa shape index (κ1) is 14.4. The summed E-state index contributed by atoms with van der Waals surface area (Å²) in [5.41, 5.74) is 2.29. The molecule has 3 heteroatoms. The molecule has 1 atom stereocenters. The molecule has 1 heterocycles. The standard InChI is InChI=1S/C18H20ClNO/c19-17-13-15(14-5-2-1-3-6-14)8-9-18(17)21-16-7-4-11-20-12-10-16/h1-3,5-6,8-9,13,16,20H,4,7,10-12H2. The van der Waals surface area contributed by atoms with Crippen LogP contribution in [0.15, 0.2) is 48.5 Å². The third kappa shape index (κ3) is 3.78. The summed E-state index contributed by atoms with van der Waals surface area (Å²) < 4.78 is 6.08. The third-order valence-corrected chi connectivity index (χ3v) is 4.15. The number of benzene rings is 2. The van der Waals surface area contributed by atoms with Crippen LogP contribution < -0.4 is 10.1 Å². The van der Waals surface area contributed by atoms with E-state index < -0.39 is 0 Å². The molecule has 1 fully saturated rings. The van der Waals surface area contributed by atoms with Gasteiger partial charge in [0.2, 0.25) is 0 Å². The Morgan fingerprint density at radius 3 is 2.62 bits per heavy atom. The molecule has 21 heavy (non-hydrogen) atoms. The second kappa shape index (κ2) is 6.97. The van der Waals surface area contributed by atoms with E-state index in [-0.39, 0.29) is 6.10 Å². The second-order valence-electron chi connectivity index (χ2n) is 5.43. The predicted octanol–water partition coefficient (Wildman–Crippen LogP) is 4.53. The molecule has 0 amide bonds. The molecule has 1 aliphatic heterocycles. The summed E-state index contributed by atoms with van der Waals surface area (Å²) in [6.07, 6.45) is 3.55. The quantitative estimate of drug-likeness (QED) is 0.899. The lowest BCUT2D eigenvalue weighted by molar-refractivity contribution is 0.187. The molecule has 110 valence electrons. The van der Waals surface area contributed by atoms with Gasteiger partial charge in [-0.05, 0) is 55.6 Å². The topological polar surface area (TPSA) is 21.3 Å². The van der Waals surface area contributed by atoms with Gasteiger partial charge in [0.15, 0.2) is 0 Å². The van der Waals surface area contributed by atoms with Gasteiger partial charge < -0.3 is 10.1 Å². The van der Waals surface area contributed by atoms with E-state index in [0.717, 1.165) is 43.7 Å². The highest BCUT2D eigenvalue weighted by Crippen LogP contribution is 2.31. The Morgan fingerprint density at radius 2 is 1.81 bits per heavy atom. The van der Waals surface area contributed by atoms with Crippen molar-refractivity contribution in [3.8, 4) is 16.9 Å². The van der Waals surface area contributed by atoms with E-state index >= 15 is 0 Å². The Kier molecular flexibility index (Phi) is 4.79. The predicted molar refractivity (Wildman–Crippen MR) is 88.0 cm³/mol. The van der Waals surface area contributed by atoms with Gasteiger partial charge >= 0.3 is 0 Å². The first-order valence-electron chi connectivity index (χ1n) is 7.55. The van der Waals surface area contributed by atoms with Crippen LogP contribution in [0.2, 0.25) is 5.02 Å². The molecule has 1 aliphatic rings. The van der Waals surface area contributed by atoms with Crippen LogP contribution in [0.3, 0.4) is 0 Å². The van der Waals surface area contributed by atoms with Crippen LogP contribution in [-0.2, 0) is 0 Å². The number of rotatable bonds is 3. The number of ether oxygens (including phenoxy) is 1. The van der Waals surface area contributed by atoms with Crippen LogP contribution in [0.5, 0.6) is 5.75 Å². The number of nitrogens with one attached hydrogen (secondary N) is 1. The molecule has 2 aromatic carbocycles. The normalized spacial score (nSPS) is 19.0. The largest absolute Gasteiger partial charge is 0.489 e. The van der Waals surface area contributed by atoms with Gasteiger partial charge in [-0.2, -0.15) is 0 Å². The molecule has 1 saturated heterocycles. The highest BCUT2D eigenvalue weighted by Gasteiger charge is 2.15. The zero-order valence-electron chi connectivity index (χ0n) is 12.0. The highest BCUT2D eigenvalue weighted by atomic mass is 35.5. The molecule has 0 aliphatic carbocycles. The molecule has 2 nitrogen and oxygen atoms in total. The van der Waals surface area contributed by atoms with Crippen molar-refractivity contribution in [3.63, 3.8) is 0 Å². The Labute approximate surface area is 131 Å². The maximum Gasteiger partial charge on any atom is 0.138 e. The van der Waals surface area contributed by atoms with E-state index in [0.29, 0.717) is 5.02 Å². The molecular weight excluding hydrogens is 282 g/mol. The van der Waals surface area contributed by atoms with Crippen LogP contribution in [0, 0.1) is 0 Å². The molecule has 0 bridgehead atoms. The van der Waals surface area contributed by atoms with Crippen molar-refractivity contribution in [2.75, 3.05) is 13.1 Å². The summed E-state index contributed by atoms with van der Waals surface area (Å²) in [5.74, 6) is 0.795. The molecule has 2 aromatic rings. The molecule has 0 aromatic heterocycles. The fourth-order valence-electron chi connectivity index (χ4n) is 2.69. The smallest absolute Gasteiger partial charge is 0.138 e. The van der Waals surface area contributed by atoms with E-state index in [9.17, 15) is 0 Å². The van der Waals surface area contributed by atoms with Crippen LogP contribution in [0.4, 0.5) is 0 Å². The van der Waals surface area contributed by atoms with E-state index in [1.807, 2.05) is 30.3 Å². The molecule has 3 rings (SSSR count). The first-order valence-corrected chi connectivity index (χ1v) is 7.93. The van der Waals surface area contributed by atoms with Gasteiger partial charge in [-0.15, -0.1) is 0 Å². The molecule has 1 N–H and O–H groups in total. The second-order valence-corrected chi connectivity index (χ2v) is 5.84. The molecule has 1 unspecified atom stereocenters. The lowest BCUT2D eigenvalue weighted by Gasteiger charge is -2.18. The van der Waals surface area contributed by atoms with E-state index in [1.54, 1.807) is 0 Å². The Morgan fingerprint density at radius 1 is 0.952 bits per heavy atom. The van der Waals surface area contributed by atoms with Crippen LogP contribution in [0.25, 0.3) is 11.1 Å². The minimum absolute atomic E-state index is 0.264. The van der Waals surface area contributed by atoms with E-state index in [4.69, 9.17) is 16.3 Å². The number of hydrogen-bond acceptors (Lipinski definition) is 2. The molecular formula is C18H20ClNO. The summed E-state index contributed by atoms with van der Waals surface area (Å²) in [6.45, 7) is 2.10. The van der Waals surface area contributed by atoms with Gasteiger partial charge in [-0.1, -0.05) is 48.0 Å². The van der Waals surface area contributed by atoms with Gasteiger partial charge in [0, 0.05) is 0 Å². The Hall–Kier alpha value is -1.51. The fourth-order valence-corrected chi connectivity index (χ4v) is 2.92. The van der Waals surface area contributed by atoms with Gasteiger partial charge in [0.05, 0.1) is 5.02 Å². The van der Waals surface area contributed by atoms with Gasteiger partial charge in [0.25, 0.3) is 0 Å². The zero-order valence-corrected chi connectivity index (χ0v) is 12.8. The van der Waals surface area contributed by atoms with Crippen molar-refractivity contribution in [1.29, 1.82) is 0 Å². The van der Waals surface area contributed by atoms with Crippen LogP contribution in [0.1, 0.15) is 19.3 Å². The number of hydrogen-bond donors (Lipinski definition) is 1. The Bertz CT molecular complexity index is 577. The van der Waals surface area contributed by atoms with Gasteiger partial charge in [-0.25, -0.2) is 0 Å². The van der Waals surface area contributed by atoms with E-state index in [1.165, 1.54) is 5.56 Å². The van der Waals surface area contributed by atoms with Crippen LogP contribution >= 0.6 is 11.6 Å². The van der Waals surface area contributed by atoms with Gasteiger partial charge in [0.1, 0.15) is 11.9 Å². The average molecular weight is 302 g/mol. The van der Waals surface area contributed by atoms with Crippen molar-refractivity contribution in [2.45, 2.75) is 25.4 Å². The van der Waals surface area contributed by atoms with Gasteiger partial charge in [-0.3, -0.25) is 0 Å². The van der Waals surface area contributed by atoms with Crippen molar-refractivity contribution in [2.24, 2.45) is 0 Å². The maximum absolute atomic E-state index is 6.40. The van der Waals surface area contributed by atoms with Crippen LogP contribution in [-0.4, -0.2) is 19.2 Å². The summed E-state index contributed by atoms with van der Waals surface area (Å²) in [6, 6.07) is 16.3. The van der Waals surface area contributed by atoms with Crippen molar-refractivity contribution in [1.82, 2.24) is 5.32 Å². The van der Waals surface area contributed by atoms with Crippen molar-refractivity contribution < 1.29 is 4.74 Å². The third-order valence-electron chi connectivity index (χ3n) is 3.86. The summed E-state index contributed by atoms with van der Waals surface area (Å²) >= 11 is 6.40. The molecule has 0 radical (unpaired) electrons. The first-order chi connectivity index (χ1) is 10.3. The lowest BCUT2D eigenvalue weighted by atomic mass is 10.1. The lowest BCUT2D eigenvalue weighted by Crippen LogP contribution is -2.19. The van der Waals surface area contributed by atoms with Crippen molar-refractivity contribution >= 4 is 11.6 Å². The molecule has 0 saturated carbocycles. The summed E-state index contributed by atoms with van der Waals surface area (Å²) in [4.78, 5) is 0. The number of halogens is 1. The minimum Gasteiger partial charge on any atom is -0.489 e. The maximum atomic E-state index is 6.40.